The molecule has 0 radical (unpaired) electrons. The maximum Gasteiger partial charge on any atom is 0.306 e. The summed E-state index contributed by atoms with van der Waals surface area (Å²) >= 11 is 0. The normalized spacial score (nSPS) is 14.1. The minimum atomic E-state index is -4.66. The number of ether oxygens (including phenoxy) is 2. The summed E-state index contributed by atoms with van der Waals surface area (Å²) in [6, 6.07) is 0. The summed E-state index contributed by atoms with van der Waals surface area (Å²) in [5, 5.41) is 0. The van der Waals surface area contributed by atoms with Gasteiger partial charge < -0.3 is 27.9 Å². The van der Waals surface area contributed by atoms with E-state index < -0.39 is 26.5 Å². The second kappa shape index (κ2) is 72.4. The number of rotatable bonds is 67. The maximum atomic E-state index is 12.9. The molecule has 0 aromatic carbocycles. The zero-order chi connectivity index (χ0) is 68.3. The molecule has 9 nitrogen and oxygen atoms in total. The van der Waals surface area contributed by atoms with Crippen molar-refractivity contribution in [3.63, 3.8) is 0 Å². The molecule has 0 aromatic rings. The first kappa shape index (κ1) is 89.1. The van der Waals surface area contributed by atoms with Gasteiger partial charge in [-0.25, -0.2) is 0 Å². The Morgan fingerprint density at radius 2 is 0.574 bits per heavy atom. The largest absolute Gasteiger partial charge is 0.756 e. The number of carbonyl (C=O) groups is 2. The van der Waals surface area contributed by atoms with Crippen LogP contribution < -0.4 is 4.89 Å². The molecule has 0 spiro atoms. The van der Waals surface area contributed by atoms with E-state index in [9.17, 15) is 19.0 Å². The summed E-state index contributed by atoms with van der Waals surface area (Å²) in [5.74, 6) is -0.845. The molecule has 0 aliphatic heterocycles. The average molecular weight is 1320 g/mol. The molecule has 532 valence electrons. The highest BCUT2D eigenvalue weighted by Gasteiger charge is 2.22. The van der Waals surface area contributed by atoms with E-state index in [2.05, 4.69) is 196 Å². The van der Waals surface area contributed by atoms with Crippen LogP contribution in [0.4, 0.5) is 0 Å². The molecule has 0 amide bonds. The lowest BCUT2D eigenvalue weighted by molar-refractivity contribution is -0.870. The zero-order valence-electron chi connectivity index (χ0n) is 60.6. The number of quaternary nitrogens is 1. The van der Waals surface area contributed by atoms with Crippen molar-refractivity contribution in [3.05, 3.63) is 182 Å². The molecule has 2 unspecified atom stereocenters. The number of carbonyl (C=O) groups excluding carboxylic acids is 2. The molecule has 94 heavy (non-hydrogen) atoms. The molecular weight excluding hydrogens is 1180 g/mol. The Bertz CT molecular complexity index is 2240. The summed E-state index contributed by atoms with van der Waals surface area (Å²) in [6.45, 7) is 4.00. The molecule has 0 fully saturated rings. The molecule has 2 atom stereocenters. The number of phosphoric acid groups is 1. The Kier molecular flexibility index (Phi) is 68.6. The van der Waals surface area contributed by atoms with Gasteiger partial charge in [0.2, 0.25) is 0 Å². The fraction of sp³-hybridized carbons (Fsp3) is 0.619. The van der Waals surface area contributed by atoms with E-state index in [1.54, 1.807) is 0 Å². The molecule has 0 aliphatic rings. The van der Waals surface area contributed by atoms with Gasteiger partial charge >= 0.3 is 11.9 Å². The molecule has 0 N–H and O–H groups in total. The Morgan fingerprint density at radius 3 is 0.851 bits per heavy atom. The first-order valence-electron chi connectivity index (χ1n) is 37.5. The van der Waals surface area contributed by atoms with Crippen LogP contribution >= 0.6 is 7.82 Å². The van der Waals surface area contributed by atoms with E-state index in [4.69, 9.17) is 18.5 Å². The molecule has 0 aromatic heterocycles. The van der Waals surface area contributed by atoms with Crippen molar-refractivity contribution >= 4 is 19.8 Å². The Labute approximate surface area is 578 Å². The lowest BCUT2D eigenvalue weighted by Gasteiger charge is -2.28. The lowest BCUT2D eigenvalue weighted by atomic mass is 10.0. The monoisotopic (exact) mass is 1320 g/mol. The highest BCUT2D eigenvalue weighted by Crippen LogP contribution is 2.38. The van der Waals surface area contributed by atoms with Crippen LogP contribution in [0.25, 0.3) is 0 Å². The van der Waals surface area contributed by atoms with Crippen molar-refractivity contribution in [2.45, 2.75) is 290 Å². The van der Waals surface area contributed by atoms with Gasteiger partial charge in [0.25, 0.3) is 7.82 Å². The van der Waals surface area contributed by atoms with Gasteiger partial charge in [-0.2, -0.15) is 0 Å². The first-order chi connectivity index (χ1) is 46.0. The molecule has 0 heterocycles. The number of esters is 2. The third-order valence-corrected chi connectivity index (χ3v) is 16.4. The second-order valence-electron chi connectivity index (χ2n) is 25.5. The quantitative estimate of drug-likeness (QED) is 0.0195. The van der Waals surface area contributed by atoms with Gasteiger partial charge in [-0.1, -0.05) is 318 Å². The van der Waals surface area contributed by atoms with Crippen molar-refractivity contribution in [3.8, 4) is 0 Å². The molecular formula is C84H138NO8P. The number of hydrogen-bond donors (Lipinski definition) is 0. The predicted octanol–water partition coefficient (Wildman–Crippen LogP) is 24.4. The summed E-state index contributed by atoms with van der Waals surface area (Å²) in [6.07, 6.45) is 111. The number of likely N-dealkylation sites (N-methyl/N-ethyl adjacent to an activating group) is 1. The Morgan fingerprint density at radius 1 is 0.330 bits per heavy atom. The van der Waals surface area contributed by atoms with Crippen LogP contribution in [0.15, 0.2) is 182 Å². The SMILES string of the molecule is CC/C=C\C/C=C\C/C=C\C/C=C\C/C=C\C/C=C\C/C=C\C/C=C\C/C=C\CCCCCCCCCCCCCC(=O)OC(COC(=O)CCCCCCCCCCCCCC/C=C\C/C=C\C/C=C\C/C=C\C/C=C\C/C=C\CC)COP(=O)([O-])OCC[N+](C)(C)C. The van der Waals surface area contributed by atoms with Gasteiger partial charge in [-0.05, 0) is 135 Å². The van der Waals surface area contributed by atoms with Crippen LogP contribution in [0.3, 0.4) is 0 Å². The first-order valence-corrected chi connectivity index (χ1v) is 39.0. The molecule has 0 aliphatic carbocycles. The molecule has 0 saturated heterocycles. The number of hydrogen-bond acceptors (Lipinski definition) is 8. The smallest absolute Gasteiger partial charge is 0.306 e. The second-order valence-corrected chi connectivity index (χ2v) is 27.0. The summed E-state index contributed by atoms with van der Waals surface area (Å²) < 4.78 is 34.4. The molecule has 10 heteroatoms. The van der Waals surface area contributed by atoms with Crippen LogP contribution in [0, 0.1) is 0 Å². The van der Waals surface area contributed by atoms with E-state index in [1.165, 1.54) is 103 Å². The Balaban J connectivity index is 4.09. The van der Waals surface area contributed by atoms with Crippen LogP contribution in [0.1, 0.15) is 284 Å². The van der Waals surface area contributed by atoms with Gasteiger partial charge in [0.15, 0.2) is 6.10 Å². The zero-order valence-corrected chi connectivity index (χ0v) is 61.5. The summed E-state index contributed by atoms with van der Waals surface area (Å²) in [7, 11) is 1.15. The third-order valence-electron chi connectivity index (χ3n) is 15.4. The summed E-state index contributed by atoms with van der Waals surface area (Å²) in [4.78, 5) is 38.1. The fourth-order valence-electron chi connectivity index (χ4n) is 9.77. The van der Waals surface area contributed by atoms with Crippen molar-refractivity contribution in [2.75, 3.05) is 47.5 Å². The van der Waals surface area contributed by atoms with Gasteiger partial charge in [0.05, 0.1) is 27.7 Å². The predicted molar refractivity (Wildman–Crippen MR) is 406 cm³/mol. The number of allylic oxidation sites excluding steroid dienone is 30. The van der Waals surface area contributed by atoms with E-state index in [0.717, 1.165) is 148 Å². The third kappa shape index (κ3) is 76.1. The van der Waals surface area contributed by atoms with Crippen LogP contribution in [0.5, 0.6) is 0 Å². The summed E-state index contributed by atoms with van der Waals surface area (Å²) in [5.41, 5.74) is 0. The van der Waals surface area contributed by atoms with Crippen molar-refractivity contribution in [2.24, 2.45) is 0 Å². The van der Waals surface area contributed by atoms with Gasteiger partial charge in [0, 0.05) is 12.8 Å². The minimum absolute atomic E-state index is 0.0398. The van der Waals surface area contributed by atoms with Crippen molar-refractivity contribution in [1.29, 1.82) is 0 Å². The standard InChI is InChI=1S/C84H138NO8P/c1-6-8-10-12-14-16-18-20-22-24-26-28-30-32-34-36-38-39-40-41-42-43-44-45-47-49-51-53-55-57-59-61-63-65-67-69-71-73-75-77-84(87)93-82(81-92-94(88,89)91-79-78-85(3,4)5)80-90-83(86)76-74-72-70-68-66-64-62-60-58-56-54-52-50-48-46-37-35-33-31-29-27-25-23-21-19-17-15-13-11-9-7-2/h8-11,14-17,20-23,26-29,32-35,38-39,41-42,44-46,48-49,51,82H,6-7,12-13,18-19,24-25,30-31,36-37,40,43,47,50,52-81H2,1-5H3/b10-8-,11-9-,16-14-,17-15-,22-20-,23-21-,28-26-,29-27-,34-32-,35-33-,39-38-,42-41-,45-44-,48-46-,51-49-. The maximum absolute atomic E-state index is 12.9. The van der Waals surface area contributed by atoms with E-state index in [-0.39, 0.29) is 32.0 Å². The van der Waals surface area contributed by atoms with Gasteiger partial charge in [-0.3, -0.25) is 14.2 Å². The number of unbranched alkanes of at least 4 members (excludes halogenated alkanes) is 23. The lowest BCUT2D eigenvalue weighted by Crippen LogP contribution is -2.37. The average Bonchev–Trinajstić information content (AvgIpc) is 1.56. The molecule has 0 saturated carbocycles. The van der Waals surface area contributed by atoms with Crippen molar-refractivity contribution < 1.29 is 42.1 Å². The van der Waals surface area contributed by atoms with Gasteiger partial charge in [0.1, 0.15) is 19.8 Å². The molecule has 0 rings (SSSR count). The fourth-order valence-corrected chi connectivity index (χ4v) is 10.5. The van der Waals surface area contributed by atoms with E-state index in [1.807, 2.05) is 21.1 Å². The molecule has 0 bridgehead atoms. The minimum Gasteiger partial charge on any atom is -0.756 e. The highest BCUT2D eigenvalue weighted by atomic mass is 31.2. The van der Waals surface area contributed by atoms with Gasteiger partial charge in [-0.15, -0.1) is 0 Å². The highest BCUT2D eigenvalue weighted by molar-refractivity contribution is 7.45. The number of nitrogens with zero attached hydrogens (tertiary/aromatic N) is 1. The van der Waals surface area contributed by atoms with Crippen molar-refractivity contribution in [1.82, 2.24) is 0 Å². The Hall–Kier alpha value is -4.89. The number of phosphoric ester groups is 1. The van der Waals surface area contributed by atoms with E-state index in [0.29, 0.717) is 17.4 Å². The van der Waals surface area contributed by atoms with Crippen LogP contribution in [-0.4, -0.2) is 70.0 Å². The topological polar surface area (TPSA) is 111 Å². The van der Waals surface area contributed by atoms with E-state index >= 15 is 0 Å². The van der Waals surface area contributed by atoms with Crippen LogP contribution in [-0.2, 0) is 32.7 Å². The van der Waals surface area contributed by atoms with Crippen LogP contribution in [0.2, 0.25) is 0 Å².